The van der Waals surface area contributed by atoms with Gasteiger partial charge in [-0.3, -0.25) is 0 Å². The van der Waals surface area contributed by atoms with Gasteiger partial charge in [-0.05, 0) is 170 Å². The molecule has 53 heavy (non-hydrogen) atoms. The van der Waals surface area contributed by atoms with Crippen LogP contribution in [0.3, 0.4) is 0 Å². The third-order valence-electron chi connectivity index (χ3n) is 15.1. The van der Waals surface area contributed by atoms with Gasteiger partial charge in [-0.25, -0.2) is 0 Å². The van der Waals surface area contributed by atoms with Crippen LogP contribution in [0.25, 0.3) is 130 Å². The van der Waals surface area contributed by atoms with Gasteiger partial charge in [0, 0.05) is 11.8 Å². The van der Waals surface area contributed by atoms with Gasteiger partial charge in [0.1, 0.15) is 0 Å². The van der Waals surface area contributed by atoms with E-state index in [9.17, 15) is 0 Å². The van der Waals surface area contributed by atoms with E-state index in [1.807, 2.05) is 0 Å². The van der Waals surface area contributed by atoms with Crippen LogP contribution in [0.5, 0.6) is 0 Å². The van der Waals surface area contributed by atoms with Crippen molar-refractivity contribution in [2.24, 2.45) is 0 Å². The van der Waals surface area contributed by atoms with Crippen LogP contribution in [0.15, 0.2) is 121 Å². The average Bonchev–Trinajstić information content (AvgIpc) is 3.22. The van der Waals surface area contributed by atoms with E-state index in [4.69, 9.17) is 0 Å². The molecule has 0 aromatic heterocycles. The van der Waals surface area contributed by atoms with E-state index in [2.05, 4.69) is 121 Å². The Balaban J connectivity index is 1.30. The number of benzene rings is 12. The molecule has 0 fully saturated rings. The minimum absolute atomic E-state index is 0.285. The van der Waals surface area contributed by atoms with Gasteiger partial charge in [0.25, 0.3) is 0 Å². The summed E-state index contributed by atoms with van der Waals surface area (Å²) in [5, 5.41) is 26.4. The van der Waals surface area contributed by atoms with Gasteiger partial charge in [0.2, 0.25) is 0 Å². The molecule has 0 nitrogen and oxygen atoms in total. The van der Waals surface area contributed by atoms with Crippen molar-refractivity contribution in [3.8, 4) is 33.4 Å². The van der Waals surface area contributed by atoms with Crippen molar-refractivity contribution in [3.63, 3.8) is 0 Å². The van der Waals surface area contributed by atoms with Crippen molar-refractivity contribution in [1.29, 1.82) is 0 Å². The fourth-order valence-electron chi connectivity index (χ4n) is 13.6. The highest BCUT2D eigenvalue weighted by Gasteiger charge is 2.49. The summed E-state index contributed by atoms with van der Waals surface area (Å²) in [4.78, 5) is 0. The molecule has 2 atom stereocenters. The van der Waals surface area contributed by atoms with E-state index in [1.165, 1.54) is 131 Å². The Labute approximate surface area is 302 Å². The van der Waals surface area contributed by atoms with E-state index in [0.717, 1.165) is 6.42 Å². The van der Waals surface area contributed by atoms with Gasteiger partial charge in [-0.15, -0.1) is 0 Å². The van der Waals surface area contributed by atoms with E-state index < -0.39 is 0 Å². The first-order valence-corrected chi connectivity index (χ1v) is 19.3. The van der Waals surface area contributed by atoms with Crippen molar-refractivity contribution >= 4 is 97.0 Å². The molecule has 0 radical (unpaired) electrons. The molecule has 0 amide bonds. The number of fused-ring (bicyclic) bond motifs is 7. The third-order valence-corrected chi connectivity index (χ3v) is 15.1. The zero-order chi connectivity index (χ0) is 33.3. The first kappa shape index (κ1) is 24.6. The van der Waals surface area contributed by atoms with Gasteiger partial charge in [0.15, 0.2) is 0 Å². The predicted octanol–water partition coefficient (Wildman–Crippen LogP) is 14.1. The zero-order valence-corrected chi connectivity index (χ0v) is 28.4. The molecule has 12 aromatic rings. The Morgan fingerprint density at radius 1 is 0.264 bits per heavy atom. The normalized spacial score (nSPS) is 17.7. The van der Waals surface area contributed by atoms with Crippen molar-refractivity contribution < 1.29 is 0 Å². The smallest absolute Gasteiger partial charge is 0.0225 e. The van der Waals surface area contributed by atoms with Crippen molar-refractivity contribution in [2.75, 3.05) is 0 Å². The third kappa shape index (κ3) is 2.21. The molecule has 5 aliphatic rings. The molecule has 5 aliphatic carbocycles. The van der Waals surface area contributed by atoms with Gasteiger partial charge in [-0.2, -0.15) is 0 Å². The van der Waals surface area contributed by atoms with Crippen LogP contribution >= 0.6 is 0 Å². The zero-order valence-electron chi connectivity index (χ0n) is 28.4. The average molecular weight is 661 g/mol. The molecule has 2 unspecified atom stereocenters. The summed E-state index contributed by atoms with van der Waals surface area (Å²) in [6, 6.07) is 48.2. The van der Waals surface area contributed by atoms with E-state index in [-0.39, 0.29) is 5.92 Å². The molecular weight excluding hydrogens is 637 g/mol. The maximum absolute atomic E-state index is 2.51. The highest BCUT2D eigenvalue weighted by atomic mass is 14.5. The molecule has 0 bridgehead atoms. The Kier molecular flexibility index (Phi) is 3.43. The number of hydrogen-bond donors (Lipinski definition) is 0. The lowest BCUT2D eigenvalue weighted by Gasteiger charge is -2.47. The van der Waals surface area contributed by atoms with Crippen LogP contribution in [0.1, 0.15) is 45.2 Å². The van der Waals surface area contributed by atoms with Crippen molar-refractivity contribution in [1.82, 2.24) is 0 Å². The van der Waals surface area contributed by atoms with E-state index in [1.54, 1.807) is 33.0 Å². The lowest BCUT2D eigenvalue weighted by Crippen LogP contribution is -2.28. The van der Waals surface area contributed by atoms with Gasteiger partial charge < -0.3 is 0 Å². The topological polar surface area (TPSA) is 0 Å². The lowest BCUT2D eigenvalue weighted by molar-refractivity contribution is 0.695. The standard InChI is InChI=1S/C53H24/c1-2-7-26-25(6-1)30-15-12-23-21-24-13-16-33-29-10-4-9-28-32-14-11-22-5-3-8-27-34-19-20-36-35-18-17-31(26)44-42(30)38(23)48-39(24)43(33)51-49(40(28)29)50(41(32)37(22)27)46(34)47(36)53(51)52(48)45(35)44/h1-20,49-50H,21H2. The second kappa shape index (κ2) is 7.38. The summed E-state index contributed by atoms with van der Waals surface area (Å²) in [7, 11) is 0. The highest BCUT2D eigenvalue weighted by Crippen LogP contribution is 2.70. The molecule has 0 saturated carbocycles. The van der Waals surface area contributed by atoms with Crippen molar-refractivity contribution in [3.05, 3.63) is 155 Å². The highest BCUT2D eigenvalue weighted by molar-refractivity contribution is 6.52. The Bertz CT molecular complexity index is 3930. The van der Waals surface area contributed by atoms with Crippen LogP contribution in [-0.2, 0) is 6.42 Å². The van der Waals surface area contributed by atoms with Crippen LogP contribution in [0, 0.1) is 0 Å². The van der Waals surface area contributed by atoms with Gasteiger partial charge in [-0.1, -0.05) is 121 Å². The van der Waals surface area contributed by atoms with Crippen molar-refractivity contribution in [2.45, 2.75) is 18.3 Å². The SMILES string of the molecule is c1cc2c3c(c1)-c1ccc4c5c1c1c6c7c8c(ccc7c7ccc9c%10ccccc%10c%10ccc(c%11c%10c9c7c6c5%11)C4)-c4cccc5ccc-2c(c45)C8C31. The largest absolute Gasteiger partial charge is 0.0616 e. The summed E-state index contributed by atoms with van der Waals surface area (Å²) in [5.41, 5.74) is 18.0. The quantitative estimate of drug-likeness (QED) is 0.112. The summed E-state index contributed by atoms with van der Waals surface area (Å²) in [6.07, 6.45) is 0.987. The fourth-order valence-corrected chi connectivity index (χ4v) is 13.6. The number of rotatable bonds is 0. The Hall–Kier alpha value is -6.50. The van der Waals surface area contributed by atoms with E-state index >= 15 is 0 Å². The van der Waals surface area contributed by atoms with Crippen LogP contribution in [0.2, 0.25) is 0 Å². The molecular formula is C53H24. The molecule has 0 spiro atoms. The summed E-state index contributed by atoms with van der Waals surface area (Å²) in [6.45, 7) is 0. The van der Waals surface area contributed by atoms with Crippen LogP contribution in [0.4, 0.5) is 0 Å². The van der Waals surface area contributed by atoms with Gasteiger partial charge in [0.05, 0.1) is 0 Å². The summed E-state index contributed by atoms with van der Waals surface area (Å²) < 4.78 is 0. The second-order valence-corrected chi connectivity index (χ2v) is 16.8. The Morgan fingerprint density at radius 3 is 1.64 bits per heavy atom. The first-order chi connectivity index (χ1) is 26.3. The molecule has 236 valence electrons. The summed E-state index contributed by atoms with van der Waals surface area (Å²) in [5.74, 6) is 0.577. The minimum Gasteiger partial charge on any atom is -0.0616 e. The van der Waals surface area contributed by atoms with E-state index in [0.29, 0.717) is 5.92 Å². The minimum atomic E-state index is 0.285. The maximum Gasteiger partial charge on any atom is 0.0225 e. The molecule has 0 N–H and O–H groups in total. The summed E-state index contributed by atoms with van der Waals surface area (Å²) >= 11 is 0. The molecule has 0 heterocycles. The predicted molar refractivity (Wildman–Crippen MR) is 223 cm³/mol. The maximum atomic E-state index is 2.51. The molecule has 0 aliphatic heterocycles. The molecule has 0 saturated heterocycles. The van der Waals surface area contributed by atoms with Gasteiger partial charge >= 0.3 is 0 Å². The lowest BCUT2D eigenvalue weighted by atomic mass is 9.54. The second-order valence-electron chi connectivity index (χ2n) is 16.8. The first-order valence-electron chi connectivity index (χ1n) is 19.3. The molecule has 17 rings (SSSR count). The molecule has 12 aromatic carbocycles. The number of hydrogen-bond acceptors (Lipinski definition) is 0. The monoisotopic (exact) mass is 660 g/mol. The fraction of sp³-hybridized carbons (Fsp3) is 0.0566. The van der Waals surface area contributed by atoms with Crippen LogP contribution < -0.4 is 0 Å². The Morgan fingerprint density at radius 2 is 0.774 bits per heavy atom. The molecule has 0 heteroatoms. The van der Waals surface area contributed by atoms with Crippen LogP contribution in [-0.4, -0.2) is 0 Å².